The summed E-state index contributed by atoms with van der Waals surface area (Å²) in [6.45, 7) is 0. The van der Waals surface area contributed by atoms with E-state index < -0.39 is 17.2 Å². The summed E-state index contributed by atoms with van der Waals surface area (Å²) in [5.41, 5.74) is -0.561. The van der Waals surface area contributed by atoms with Crippen LogP contribution >= 0.6 is 0 Å². The van der Waals surface area contributed by atoms with Crippen LogP contribution < -0.4 is 16.6 Å². The van der Waals surface area contributed by atoms with Crippen molar-refractivity contribution in [3.63, 3.8) is 0 Å². The standard InChI is InChI=1S/C17H15N3O3/c1-19-10-13(16(22)20(2)17(19)23)15(21)18-14-9-5-7-11-6-3-4-8-12(11)14/h3-10H,1-2H3,(H,18,21). The van der Waals surface area contributed by atoms with Gasteiger partial charge in [0.05, 0.1) is 0 Å². The van der Waals surface area contributed by atoms with Gasteiger partial charge in [-0.25, -0.2) is 4.79 Å². The average molecular weight is 309 g/mol. The molecule has 0 saturated carbocycles. The Morgan fingerprint density at radius 1 is 1.00 bits per heavy atom. The fraction of sp³-hybridized carbons (Fsp3) is 0.118. The maximum atomic E-state index is 12.5. The number of benzene rings is 2. The minimum Gasteiger partial charge on any atom is -0.321 e. The second-order valence-electron chi connectivity index (χ2n) is 5.28. The van der Waals surface area contributed by atoms with Crippen molar-refractivity contribution in [3.05, 3.63) is 75.1 Å². The minimum absolute atomic E-state index is 0.0810. The quantitative estimate of drug-likeness (QED) is 0.779. The Hall–Kier alpha value is -3.15. The first kappa shape index (κ1) is 14.8. The van der Waals surface area contributed by atoms with Crippen molar-refractivity contribution in [2.24, 2.45) is 14.1 Å². The molecule has 1 amide bonds. The summed E-state index contributed by atoms with van der Waals surface area (Å²) >= 11 is 0. The molecule has 1 heterocycles. The molecule has 116 valence electrons. The van der Waals surface area contributed by atoms with Crippen LogP contribution in [-0.2, 0) is 14.1 Å². The third-order valence-corrected chi connectivity index (χ3v) is 3.73. The number of carbonyl (C=O) groups is 1. The van der Waals surface area contributed by atoms with Crippen molar-refractivity contribution in [1.82, 2.24) is 9.13 Å². The van der Waals surface area contributed by atoms with Crippen LogP contribution in [0.15, 0.2) is 58.3 Å². The van der Waals surface area contributed by atoms with Gasteiger partial charge in [-0.1, -0.05) is 36.4 Å². The van der Waals surface area contributed by atoms with Crippen molar-refractivity contribution < 1.29 is 4.79 Å². The Kier molecular flexibility index (Phi) is 3.57. The molecule has 6 heteroatoms. The summed E-state index contributed by atoms with van der Waals surface area (Å²) in [4.78, 5) is 36.3. The molecule has 2 aromatic carbocycles. The molecule has 0 atom stereocenters. The topological polar surface area (TPSA) is 73.1 Å². The number of aryl methyl sites for hydroxylation is 1. The predicted octanol–water partition coefficient (Wildman–Crippen LogP) is 1.49. The molecule has 0 bridgehead atoms. The third-order valence-electron chi connectivity index (χ3n) is 3.73. The Bertz CT molecular complexity index is 1030. The zero-order valence-corrected chi connectivity index (χ0v) is 12.7. The molecule has 0 radical (unpaired) electrons. The predicted molar refractivity (Wildman–Crippen MR) is 88.8 cm³/mol. The van der Waals surface area contributed by atoms with Crippen LogP contribution in [0.4, 0.5) is 5.69 Å². The summed E-state index contributed by atoms with van der Waals surface area (Å²) in [5.74, 6) is -0.544. The highest BCUT2D eigenvalue weighted by molar-refractivity contribution is 6.08. The van der Waals surface area contributed by atoms with Gasteiger partial charge in [-0.05, 0) is 11.5 Å². The molecule has 0 aliphatic carbocycles. The summed E-state index contributed by atoms with van der Waals surface area (Å²) in [6, 6.07) is 13.2. The highest BCUT2D eigenvalue weighted by atomic mass is 16.2. The van der Waals surface area contributed by atoms with Gasteiger partial charge in [0.15, 0.2) is 0 Å². The van der Waals surface area contributed by atoms with E-state index >= 15 is 0 Å². The summed E-state index contributed by atoms with van der Waals surface area (Å²) < 4.78 is 2.12. The number of rotatable bonds is 2. The molecule has 1 N–H and O–H groups in total. The van der Waals surface area contributed by atoms with Crippen LogP contribution in [0.1, 0.15) is 10.4 Å². The molecule has 3 aromatic rings. The normalized spacial score (nSPS) is 10.7. The van der Waals surface area contributed by atoms with Crippen molar-refractivity contribution in [2.75, 3.05) is 5.32 Å². The maximum absolute atomic E-state index is 12.5. The monoisotopic (exact) mass is 309 g/mol. The Morgan fingerprint density at radius 3 is 2.48 bits per heavy atom. The van der Waals surface area contributed by atoms with Gasteiger partial charge in [0.25, 0.3) is 11.5 Å². The van der Waals surface area contributed by atoms with E-state index in [4.69, 9.17) is 0 Å². The van der Waals surface area contributed by atoms with Crippen LogP contribution in [0.3, 0.4) is 0 Å². The number of aromatic nitrogens is 2. The lowest BCUT2D eigenvalue weighted by Gasteiger charge is -2.10. The van der Waals surface area contributed by atoms with Crippen LogP contribution in [0.25, 0.3) is 10.8 Å². The molecule has 6 nitrogen and oxygen atoms in total. The molecule has 0 unspecified atom stereocenters. The summed E-state index contributed by atoms with van der Waals surface area (Å²) in [5, 5.41) is 4.61. The van der Waals surface area contributed by atoms with Gasteiger partial charge in [0.1, 0.15) is 5.56 Å². The Balaban J connectivity index is 2.06. The second-order valence-corrected chi connectivity index (χ2v) is 5.28. The molecule has 0 saturated heterocycles. The Morgan fingerprint density at radius 2 is 1.70 bits per heavy atom. The van der Waals surface area contributed by atoms with E-state index in [9.17, 15) is 14.4 Å². The summed E-state index contributed by atoms with van der Waals surface area (Å²) in [7, 11) is 2.84. The van der Waals surface area contributed by atoms with Crippen molar-refractivity contribution in [2.45, 2.75) is 0 Å². The number of carbonyl (C=O) groups excluding carboxylic acids is 1. The number of amides is 1. The van der Waals surface area contributed by atoms with Gasteiger partial charge in [-0.15, -0.1) is 0 Å². The third kappa shape index (κ3) is 2.55. The van der Waals surface area contributed by atoms with E-state index in [0.29, 0.717) is 5.69 Å². The minimum atomic E-state index is -0.620. The molecule has 0 fully saturated rings. The van der Waals surface area contributed by atoms with Crippen LogP contribution in [0.5, 0.6) is 0 Å². The van der Waals surface area contributed by atoms with E-state index in [1.807, 2.05) is 36.4 Å². The van der Waals surface area contributed by atoms with E-state index in [1.54, 1.807) is 6.07 Å². The number of nitrogens with zero attached hydrogens (tertiary/aromatic N) is 2. The highest BCUT2D eigenvalue weighted by Crippen LogP contribution is 2.23. The van der Waals surface area contributed by atoms with E-state index in [1.165, 1.54) is 24.9 Å². The lowest BCUT2D eigenvalue weighted by molar-refractivity contribution is 0.102. The number of hydrogen-bond acceptors (Lipinski definition) is 3. The molecule has 1 aromatic heterocycles. The van der Waals surface area contributed by atoms with E-state index in [-0.39, 0.29) is 5.56 Å². The van der Waals surface area contributed by atoms with Crippen molar-refractivity contribution in [3.8, 4) is 0 Å². The highest BCUT2D eigenvalue weighted by Gasteiger charge is 2.15. The molecule has 0 aliphatic heterocycles. The zero-order valence-electron chi connectivity index (χ0n) is 12.7. The van der Waals surface area contributed by atoms with Gasteiger partial charge >= 0.3 is 5.69 Å². The molecule has 0 spiro atoms. The van der Waals surface area contributed by atoms with Crippen molar-refractivity contribution in [1.29, 1.82) is 0 Å². The lowest BCUT2D eigenvalue weighted by Crippen LogP contribution is -2.40. The largest absolute Gasteiger partial charge is 0.330 e. The van der Waals surface area contributed by atoms with E-state index in [0.717, 1.165) is 15.3 Å². The first-order valence-electron chi connectivity index (χ1n) is 7.05. The maximum Gasteiger partial charge on any atom is 0.330 e. The van der Waals surface area contributed by atoms with E-state index in [2.05, 4.69) is 5.32 Å². The molecule has 23 heavy (non-hydrogen) atoms. The average Bonchev–Trinajstić information content (AvgIpc) is 2.56. The SMILES string of the molecule is Cn1cc(C(=O)Nc2cccc3ccccc23)c(=O)n(C)c1=O. The molecular weight excluding hydrogens is 294 g/mol. The van der Waals surface area contributed by atoms with Crippen LogP contribution in [0, 0.1) is 0 Å². The first-order chi connectivity index (χ1) is 11.0. The van der Waals surface area contributed by atoms with Gasteiger partial charge < -0.3 is 9.88 Å². The Labute approximate surface area is 131 Å². The van der Waals surface area contributed by atoms with Gasteiger partial charge in [0.2, 0.25) is 0 Å². The molecule has 0 aliphatic rings. The lowest BCUT2D eigenvalue weighted by atomic mass is 10.1. The van der Waals surface area contributed by atoms with Crippen molar-refractivity contribution >= 4 is 22.4 Å². The number of anilines is 1. The fourth-order valence-corrected chi connectivity index (χ4v) is 2.49. The second kappa shape index (κ2) is 5.57. The number of nitrogens with one attached hydrogen (secondary N) is 1. The van der Waals surface area contributed by atoms with Crippen LogP contribution in [0.2, 0.25) is 0 Å². The van der Waals surface area contributed by atoms with Crippen LogP contribution in [-0.4, -0.2) is 15.0 Å². The van der Waals surface area contributed by atoms with Gasteiger partial charge in [0, 0.05) is 31.4 Å². The van der Waals surface area contributed by atoms with Gasteiger partial charge in [-0.3, -0.25) is 14.2 Å². The smallest absolute Gasteiger partial charge is 0.321 e. The zero-order chi connectivity index (χ0) is 16.6. The summed E-state index contributed by atoms with van der Waals surface area (Å²) in [6.07, 6.45) is 1.26. The van der Waals surface area contributed by atoms with Gasteiger partial charge in [-0.2, -0.15) is 0 Å². The fourth-order valence-electron chi connectivity index (χ4n) is 2.49. The molecular formula is C17H15N3O3. The number of hydrogen-bond donors (Lipinski definition) is 1. The first-order valence-corrected chi connectivity index (χ1v) is 7.05. The number of fused-ring (bicyclic) bond motifs is 1. The molecule has 3 rings (SSSR count).